The molecule has 0 radical (unpaired) electrons. The summed E-state index contributed by atoms with van der Waals surface area (Å²) in [5.74, 6) is 0. The van der Waals surface area contributed by atoms with Crippen LogP contribution in [-0.2, 0) is 0 Å². The molecule has 0 aromatic heterocycles. The van der Waals surface area contributed by atoms with Crippen LogP contribution in [0.3, 0.4) is 0 Å². The first-order valence-corrected chi connectivity index (χ1v) is 22.0. The number of rotatable bonds is 4. The molecule has 4 heterocycles. The average molecular weight is 753 g/mol. The fraction of sp³-hybridized carbons (Fsp3) is 0.286. The Balaban J connectivity index is 1.44. The van der Waals surface area contributed by atoms with Crippen molar-refractivity contribution in [1.29, 1.82) is 0 Å². The van der Waals surface area contributed by atoms with E-state index >= 15 is 0 Å². The summed E-state index contributed by atoms with van der Waals surface area (Å²) in [7, 11) is 0. The van der Waals surface area contributed by atoms with Crippen LogP contribution in [0.15, 0.2) is 38.9 Å². The third kappa shape index (κ3) is 4.82. The molecule has 0 nitrogen and oxygen atoms in total. The van der Waals surface area contributed by atoms with Gasteiger partial charge < -0.3 is 0 Å². The molecule has 0 spiro atoms. The zero-order chi connectivity index (χ0) is 18.3. The van der Waals surface area contributed by atoms with Gasteiger partial charge in [-0.05, 0) is 0 Å². The van der Waals surface area contributed by atoms with Crippen molar-refractivity contribution >= 4 is 154 Å². The number of thioether (sulfide) groups is 8. The second-order valence-corrected chi connectivity index (χ2v) is 27.2. The first-order valence-electron chi connectivity index (χ1n) is 6.97. The zero-order valence-corrected chi connectivity index (χ0v) is 27.3. The van der Waals surface area contributed by atoms with Gasteiger partial charge in [0.2, 0.25) is 0 Å². The second kappa shape index (κ2) is 10.5. The molecule has 0 fully saturated rings. The molecule has 140 valence electrons. The molecule has 0 N–H and O–H groups in total. The minimum atomic E-state index is 0.651. The molecular weight excluding hydrogens is 741 g/mol. The monoisotopic (exact) mass is 756 g/mol. The Morgan fingerprint density at radius 2 is 0.731 bits per heavy atom. The van der Waals surface area contributed by atoms with Crippen molar-refractivity contribution in [2.24, 2.45) is 0 Å². The van der Waals surface area contributed by atoms with E-state index in [4.69, 9.17) is 0 Å². The summed E-state index contributed by atoms with van der Waals surface area (Å²) in [6.07, 6.45) is 8.88. The van der Waals surface area contributed by atoms with Crippen LogP contribution >= 0.6 is 94.1 Å². The van der Waals surface area contributed by atoms with E-state index in [1.54, 1.807) is 8.47 Å². The van der Waals surface area contributed by atoms with Crippen molar-refractivity contribution in [2.75, 3.05) is 25.0 Å². The summed E-state index contributed by atoms with van der Waals surface area (Å²) in [5.41, 5.74) is 0. The van der Waals surface area contributed by atoms with Crippen molar-refractivity contribution in [3.05, 3.63) is 38.9 Å². The Kier molecular flexibility index (Phi) is 9.16. The van der Waals surface area contributed by atoms with Crippen LogP contribution in [0.1, 0.15) is 0 Å². The van der Waals surface area contributed by atoms with Crippen molar-refractivity contribution in [2.45, 2.75) is 0 Å². The van der Waals surface area contributed by atoms with Gasteiger partial charge in [-0.15, -0.1) is 0 Å². The fourth-order valence-electron chi connectivity index (χ4n) is 1.97. The van der Waals surface area contributed by atoms with Gasteiger partial charge in [-0.1, -0.05) is 0 Å². The third-order valence-corrected chi connectivity index (χ3v) is 32.3. The normalized spacial score (nSPS) is 23.5. The van der Waals surface area contributed by atoms with Gasteiger partial charge in [0.25, 0.3) is 0 Å². The van der Waals surface area contributed by atoms with Crippen LogP contribution in [0.2, 0.25) is 0 Å². The molecular formula is C14H12S8Se4. The fourth-order valence-corrected chi connectivity index (χ4v) is 36.5. The molecule has 0 amide bonds. The molecule has 4 rings (SSSR count). The van der Waals surface area contributed by atoms with Gasteiger partial charge in [0.05, 0.1) is 0 Å². The molecule has 0 unspecified atom stereocenters. The van der Waals surface area contributed by atoms with Crippen molar-refractivity contribution in [1.82, 2.24) is 0 Å². The predicted molar refractivity (Wildman–Crippen MR) is 143 cm³/mol. The van der Waals surface area contributed by atoms with Crippen molar-refractivity contribution in [3.8, 4) is 0 Å². The summed E-state index contributed by atoms with van der Waals surface area (Å²) >= 11 is 18.5. The summed E-state index contributed by atoms with van der Waals surface area (Å²) in [4.78, 5) is 0. The van der Waals surface area contributed by atoms with E-state index in [-0.39, 0.29) is 0 Å². The molecule has 4 aliphatic heterocycles. The molecule has 0 aliphatic carbocycles. The van der Waals surface area contributed by atoms with Crippen LogP contribution in [0.5, 0.6) is 0 Å². The van der Waals surface area contributed by atoms with Gasteiger partial charge in [0.1, 0.15) is 0 Å². The van der Waals surface area contributed by atoms with Gasteiger partial charge in [-0.3, -0.25) is 0 Å². The van der Waals surface area contributed by atoms with Gasteiger partial charge >= 0.3 is 218 Å². The predicted octanol–water partition coefficient (Wildman–Crippen LogP) is 5.88. The molecule has 0 aromatic carbocycles. The average Bonchev–Trinajstić information content (AvgIpc) is 3.39. The third-order valence-electron chi connectivity index (χ3n) is 3.06. The summed E-state index contributed by atoms with van der Waals surface area (Å²) < 4.78 is 16.9. The van der Waals surface area contributed by atoms with E-state index in [1.807, 2.05) is 60.5 Å². The van der Waals surface area contributed by atoms with Gasteiger partial charge in [0, 0.05) is 0 Å². The van der Waals surface area contributed by atoms with Crippen LogP contribution in [-0.4, -0.2) is 84.9 Å². The van der Waals surface area contributed by atoms with Gasteiger partial charge in [-0.25, -0.2) is 0 Å². The van der Waals surface area contributed by atoms with Gasteiger partial charge in [0.15, 0.2) is 0 Å². The van der Waals surface area contributed by atoms with E-state index in [9.17, 15) is 0 Å². The first kappa shape index (κ1) is 22.8. The zero-order valence-electron chi connectivity index (χ0n) is 13.9. The standard InChI is InChI=1S/C14H12S8Se4/c1-15-5-6(16-2)20-9(19-5)11-23-13-14(24-11)26-12(25-13)10-21-7(17-3)8(18-4)22-10/h1-4H3. The molecule has 0 atom stereocenters. The Labute approximate surface area is 214 Å². The summed E-state index contributed by atoms with van der Waals surface area (Å²) in [6, 6.07) is 0. The number of hydrogen-bond acceptors (Lipinski definition) is 8. The van der Waals surface area contributed by atoms with Crippen molar-refractivity contribution < 1.29 is 0 Å². The van der Waals surface area contributed by atoms with E-state index in [0.29, 0.717) is 59.8 Å². The summed E-state index contributed by atoms with van der Waals surface area (Å²) in [6.45, 7) is 0. The molecule has 0 aromatic rings. The van der Waals surface area contributed by atoms with Crippen molar-refractivity contribution in [3.63, 3.8) is 0 Å². The Bertz CT molecular complexity index is 688. The van der Waals surface area contributed by atoms with E-state index in [1.165, 1.54) is 16.9 Å². The van der Waals surface area contributed by atoms with Crippen LogP contribution in [0, 0.1) is 0 Å². The van der Waals surface area contributed by atoms with Crippen LogP contribution in [0.25, 0.3) is 0 Å². The van der Waals surface area contributed by atoms with Crippen LogP contribution in [0.4, 0.5) is 0 Å². The minimum absolute atomic E-state index is 0.651. The molecule has 12 heteroatoms. The first-order chi connectivity index (χ1) is 12.7. The Morgan fingerprint density at radius 1 is 0.462 bits per heavy atom. The maximum absolute atomic E-state index is 2.22. The molecule has 0 bridgehead atoms. The Hall–Kier alpha value is 3.58. The molecule has 4 aliphatic rings. The van der Waals surface area contributed by atoms with E-state index in [0.717, 1.165) is 0 Å². The summed E-state index contributed by atoms with van der Waals surface area (Å²) in [5, 5.41) is 0. The van der Waals surface area contributed by atoms with Crippen LogP contribution < -0.4 is 0 Å². The van der Waals surface area contributed by atoms with Gasteiger partial charge in [-0.2, -0.15) is 0 Å². The van der Waals surface area contributed by atoms with E-state index < -0.39 is 0 Å². The molecule has 0 saturated heterocycles. The topological polar surface area (TPSA) is 0 Å². The molecule has 0 saturated carbocycles. The quantitative estimate of drug-likeness (QED) is 0.323. The molecule has 26 heavy (non-hydrogen) atoms. The second-order valence-electron chi connectivity index (χ2n) is 4.51. The maximum atomic E-state index is 2.22. The van der Waals surface area contributed by atoms with E-state index in [2.05, 4.69) is 72.1 Å². The Morgan fingerprint density at radius 3 is 0.962 bits per heavy atom. The number of hydrogen-bond donors (Lipinski definition) is 0. The SMILES string of the molecule is CSC1=C(SC)SC(=C2[Se]C3=C([Se]2)[Se]C(=C2SC(SC)=C(SC)S2)[Se]3)S1.